The number of benzene rings is 3. The first-order valence-corrected chi connectivity index (χ1v) is 8.22. The molecule has 0 aliphatic rings. The first kappa shape index (κ1) is 17.4. The summed E-state index contributed by atoms with van der Waals surface area (Å²) < 4.78 is 0. The van der Waals surface area contributed by atoms with Crippen molar-refractivity contribution in [3.63, 3.8) is 0 Å². The number of hydrogen-bond acceptors (Lipinski definition) is 3. The van der Waals surface area contributed by atoms with Gasteiger partial charge in [0.05, 0.1) is 11.0 Å². The molecule has 1 N–H and O–H groups in total. The summed E-state index contributed by atoms with van der Waals surface area (Å²) in [6, 6.07) is 22.9. The zero-order valence-corrected chi connectivity index (χ0v) is 14.3. The highest BCUT2D eigenvalue weighted by atomic mass is 16.6. The van der Waals surface area contributed by atoms with E-state index in [0.717, 1.165) is 16.7 Å². The number of nitrogens with one attached hydrogen (secondary N) is 1. The Morgan fingerprint density at radius 1 is 0.923 bits per heavy atom. The fourth-order valence-electron chi connectivity index (χ4n) is 2.85. The third kappa shape index (κ3) is 3.78. The number of nitro benzene ring substituents is 1. The topological polar surface area (TPSA) is 72.2 Å². The molecular formula is C21H18N2O3. The van der Waals surface area contributed by atoms with E-state index >= 15 is 0 Å². The molecule has 0 heterocycles. The monoisotopic (exact) mass is 346 g/mol. The number of nitro groups is 1. The highest BCUT2D eigenvalue weighted by molar-refractivity contribution is 5.95. The maximum absolute atomic E-state index is 12.7. The largest absolute Gasteiger partial charge is 0.341 e. The van der Waals surface area contributed by atoms with Crippen molar-refractivity contribution in [1.29, 1.82) is 0 Å². The lowest BCUT2D eigenvalue weighted by atomic mass is 9.94. The Kier molecular flexibility index (Phi) is 5.08. The van der Waals surface area contributed by atoms with E-state index in [1.165, 1.54) is 24.3 Å². The van der Waals surface area contributed by atoms with Gasteiger partial charge in [0, 0.05) is 17.7 Å². The number of rotatable bonds is 5. The van der Waals surface area contributed by atoms with Gasteiger partial charge in [-0.3, -0.25) is 14.9 Å². The number of carbonyl (C=O) groups excluding carboxylic acids is 1. The van der Waals surface area contributed by atoms with Crippen LogP contribution in [-0.2, 0) is 0 Å². The molecule has 3 rings (SSSR count). The van der Waals surface area contributed by atoms with E-state index in [1.54, 1.807) is 0 Å². The summed E-state index contributed by atoms with van der Waals surface area (Å²) >= 11 is 0. The van der Waals surface area contributed by atoms with Crippen LogP contribution >= 0.6 is 0 Å². The van der Waals surface area contributed by atoms with Crippen LogP contribution in [0.25, 0.3) is 0 Å². The molecule has 0 aliphatic heterocycles. The van der Waals surface area contributed by atoms with Gasteiger partial charge >= 0.3 is 0 Å². The van der Waals surface area contributed by atoms with Crippen LogP contribution in [0.3, 0.4) is 0 Å². The predicted octanol–water partition coefficient (Wildman–Crippen LogP) is 4.42. The van der Waals surface area contributed by atoms with Crippen molar-refractivity contribution in [3.8, 4) is 0 Å². The van der Waals surface area contributed by atoms with Gasteiger partial charge in [0.2, 0.25) is 0 Å². The second kappa shape index (κ2) is 7.61. The minimum Gasteiger partial charge on any atom is -0.341 e. The zero-order valence-electron chi connectivity index (χ0n) is 14.3. The zero-order chi connectivity index (χ0) is 18.5. The molecule has 0 radical (unpaired) electrons. The van der Waals surface area contributed by atoms with E-state index in [-0.39, 0.29) is 17.6 Å². The van der Waals surface area contributed by atoms with Crippen molar-refractivity contribution >= 4 is 11.6 Å². The van der Waals surface area contributed by atoms with Gasteiger partial charge in [-0.25, -0.2) is 0 Å². The molecule has 0 aromatic heterocycles. The van der Waals surface area contributed by atoms with Crippen LogP contribution in [0.2, 0.25) is 0 Å². The molecule has 0 unspecified atom stereocenters. The number of aryl methyl sites for hydroxylation is 1. The van der Waals surface area contributed by atoms with Crippen molar-refractivity contribution in [3.05, 3.63) is 111 Å². The highest BCUT2D eigenvalue weighted by Gasteiger charge is 2.19. The normalized spacial score (nSPS) is 11.6. The van der Waals surface area contributed by atoms with Crippen LogP contribution in [-0.4, -0.2) is 10.8 Å². The van der Waals surface area contributed by atoms with Crippen LogP contribution in [0, 0.1) is 17.0 Å². The van der Waals surface area contributed by atoms with Gasteiger partial charge in [-0.2, -0.15) is 0 Å². The number of amides is 1. The third-order valence-corrected chi connectivity index (χ3v) is 4.25. The quantitative estimate of drug-likeness (QED) is 0.549. The smallest absolute Gasteiger partial charge is 0.269 e. The average Bonchev–Trinajstić information content (AvgIpc) is 2.67. The minimum atomic E-state index is -0.484. The minimum absolute atomic E-state index is 0.0416. The Morgan fingerprint density at radius 2 is 1.54 bits per heavy atom. The molecule has 0 bridgehead atoms. The molecule has 5 nitrogen and oxygen atoms in total. The van der Waals surface area contributed by atoms with Gasteiger partial charge in [0.1, 0.15) is 0 Å². The standard InChI is InChI=1S/C21H18N2O3/c1-15-7-5-6-10-19(15)20(16-8-3-2-4-9-16)22-21(24)17-11-13-18(14-12-17)23(25)26/h2-14,20H,1H3,(H,22,24)/t20-/m1/s1. The van der Waals surface area contributed by atoms with Gasteiger partial charge in [0.15, 0.2) is 0 Å². The van der Waals surface area contributed by atoms with Gasteiger partial charge in [-0.15, -0.1) is 0 Å². The van der Waals surface area contributed by atoms with Crippen molar-refractivity contribution in [2.24, 2.45) is 0 Å². The summed E-state index contributed by atoms with van der Waals surface area (Å²) in [6.07, 6.45) is 0. The molecule has 26 heavy (non-hydrogen) atoms. The van der Waals surface area contributed by atoms with E-state index in [9.17, 15) is 14.9 Å². The maximum Gasteiger partial charge on any atom is 0.269 e. The number of hydrogen-bond donors (Lipinski definition) is 1. The first-order chi connectivity index (χ1) is 12.6. The van der Waals surface area contributed by atoms with Crippen molar-refractivity contribution < 1.29 is 9.72 Å². The van der Waals surface area contributed by atoms with Crippen LogP contribution in [0.15, 0.2) is 78.9 Å². The molecule has 0 aliphatic carbocycles. The summed E-state index contributed by atoms with van der Waals surface area (Å²) in [5.41, 5.74) is 3.39. The average molecular weight is 346 g/mol. The van der Waals surface area contributed by atoms with Crippen LogP contribution in [0.4, 0.5) is 5.69 Å². The van der Waals surface area contributed by atoms with E-state index in [0.29, 0.717) is 5.56 Å². The Balaban J connectivity index is 1.92. The summed E-state index contributed by atoms with van der Waals surface area (Å²) in [5, 5.41) is 13.8. The van der Waals surface area contributed by atoms with E-state index in [1.807, 2.05) is 61.5 Å². The molecule has 0 saturated heterocycles. The lowest BCUT2D eigenvalue weighted by Gasteiger charge is -2.21. The Morgan fingerprint density at radius 3 is 2.15 bits per heavy atom. The van der Waals surface area contributed by atoms with Gasteiger partial charge < -0.3 is 5.32 Å². The molecular weight excluding hydrogens is 328 g/mol. The molecule has 0 fully saturated rings. The maximum atomic E-state index is 12.7. The van der Waals surface area contributed by atoms with Crippen molar-refractivity contribution in [2.45, 2.75) is 13.0 Å². The molecule has 5 heteroatoms. The summed E-state index contributed by atoms with van der Waals surface area (Å²) in [4.78, 5) is 23.0. The van der Waals surface area contributed by atoms with Gasteiger partial charge in [0.25, 0.3) is 11.6 Å². The van der Waals surface area contributed by atoms with Gasteiger partial charge in [-0.05, 0) is 35.7 Å². The van der Waals surface area contributed by atoms with E-state index in [2.05, 4.69) is 5.32 Å². The molecule has 3 aromatic carbocycles. The van der Waals surface area contributed by atoms with Crippen molar-refractivity contribution in [1.82, 2.24) is 5.32 Å². The molecule has 3 aromatic rings. The summed E-state index contributed by atoms with van der Waals surface area (Å²) in [5.74, 6) is -0.281. The number of non-ortho nitro benzene ring substituents is 1. The van der Waals surface area contributed by atoms with Crippen LogP contribution < -0.4 is 5.32 Å². The third-order valence-electron chi connectivity index (χ3n) is 4.25. The Bertz CT molecular complexity index is 922. The molecule has 0 spiro atoms. The second-order valence-electron chi connectivity index (χ2n) is 5.98. The van der Waals surface area contributed by atoms with Gasteiger partial charge in [-0.1, -0.05) is 54.6 Å². The Labute approximate surface area is 151 Å². The first-order valence-electron chi connectivity index (χ1n) is 8.22. The Hall–Kier alpha value is -3.47. The second-order valence-corrected chi connectivity index (χ2v) is 5.98. The van der Waals surface area contributed by atoms with Crippen LogP contribution in [0.5, 0.6) is 0 Å². The lowest BCUT2D eigenvalue weighted by Crippen LogP contribution is -2.29. The lowest BCUT2D eigenvalue weighted by molar-refractivity contribution is -0.384. The highest BCUT2D eigenvalue weighted by Crippen LogP contribution is 2.25. The number of carbonyl (C=O) groups is 1. The fraction of sp³-hybridized carbons (Fsp3) is 0.0952. The molecule has 1 atom stereocenters. The van der Waals surface area contributed by atoms with Crippen LogP contribution in [0.1, 0.15) is 33.1 Å². The van der Waals surface area contributed by atoms with E-state index < -0.39 is 4.92 Å². The SMILES string of the molecule is Cc1ccccc1[C@H](NC(=O)c1ccc([N+](=O)[O-])cc1)c1ccccc1. The summed E-state index contributed by atoms with van der Waals surface area (Å²) in [7, 11) is 0. The number of nitrogens with zero attached hydrogens (tertiary/aromatic N) is 1. The molecule has 130 valence electrons. The fourth-order valence-corrected chi connectivity index (χ4v) is 2.85. The summed E-state index contributed by atoms with van der Waals surface area (Å²) in [6.45, 7) is 2.00. The predicted molar refractivity (Wildman–Crippen MR) is 100 cm³/mol. The molecule has 1 amide bonds. The molecule has 0 saturated carbocycles. The van der Waals surface area contributed by atoms with Crippen molar-refractivity contribution in [2.75, 3.05) is 0 Å². The van der Waals surface area contributed by atoms with E-state index in [4.69, 9.17) is 0 Å².